The topological polar surface area (TPSA) is 38.3 Å². The summed E-state index contributed by atoms with van der Waals surface area (Å²) in [4.78, 5) is 16.1. The van der Waals surface area contributed by atoms with Crippen LogP contribution in [0.2, 0.25) is 13.1 Å². The van der Waals surface area contributed by atoms with Crippen LogP contribution in [0.4, 0.5) is 0 Å². The maximum Gasteiger partial charge on any atom is 0.247 e. The molecule has 1 aromatic rings. The molecule has 0 radical (unpaired) electrons. The summed E-state index contributed by atoms with van der Waals surface area (Å²) in [5.41, 5.74) is 4.75. The van der Waals surface area contributed by atoms with Crippen molar-refractivity contribution < 1.29 is 9.53 Å². The zero-order valence-corrected chi connectivity index (χ0v) is 16.2. The highest BCUT2D eigenvalue weighted by Crippen LogP contribution is 2.40. The van der Waals surface area contributed by atoms with Crippen molar-refractivity contribution in [1.29, 1.82) is 0 Å². The van der Waals surface area contributed by atoms with E-state index in [-0.39, 0.29) is 5.91 Å². The van der Waals surface area contributed by atoms with Gasteiger partial charge in [-0.05, 0) is 57.5 Å². The summed E-state index contributed by atoms with van der Waals surface area (Å²) in [6, 6.07) is 7.37. The van der Waals surface area contributed by atoms with E-state index in [1.165, 1.54) is 21.9 Å². The molecule has 124 valence electrons. The number of carbonyl (C=O) groups is 1. The molecule has 0 aromatic heterocycles. The van der Waals surface area contributed by atoms with E-state index in [2.05, 4.69) is 45.8 Å². The normalized spacial score (nSPS) is 18.5. The number of para-hydroxylation sites is 1. The summed E-state index contributed by atoms with van der Waals surface area (Å²) in [6.45, 7) is 13.2. The second-order valence-electron chi connectivity index (χ2n) is 6.85. The van der Waals surface area contributed by atoms with Crippen LogP contribution in [0.1, 0.15) is 38.1 Å². The van der Waals surface area contributed by atoms with E-state index in [0.717, 1.165) is 0 Å². The minimum absolute atomic E-state index is 0.0474. The van der Waals surface area contributed by atoms with Crippen molar-refractivity contribution in [3.63, 3.8) is 0 Å². The van der Waals surface area contributed by atoms with Crippen LogP contribution in [-0.2, 0) is 0 Å². The van der Waals surface area contributed by atoms with E-state index >= 15 is 0 Å². The van der Waals surface area contributed by atoms with Gasteiger partial charge in [0.2, 0.25) is 5.91 Å². The monoisotopic (exact) mass is 329 g/mol. The summed E-state index contributed by atoms with van der Waals surface area (Å²) in [5.74, 6) is 0.980. The van der Waals surface area contributed by atoms with Gasteiger partial charge in [-0.1, -0.05) is 35.4 Å². The molecular weight excluding hydrogens is 302 g/mol. The molecule has 1 N–H and O–H groups in total. The second kappa shape index (κ2) is 6.36. The lowest BCUT2D eigenvalue weighted by molar-refractivity contribution is 0.0975. The van der Waals surface area contributed by atoms with Gasteiger partial charge in [0.1, 0.15) is 5.75 Å². The first kappa shape index (κ1) is 17.5. The third-order valence-corrected chi connectivity index (χ3v) is 8.10. The number of rotatable bonds is 4. The van der Waals surface area contributed by atoms with Crippen LogP contribution in [0.15, 0.2) is 46.2 Å². The Morgan fingerprint density at radius 1 is 1.13 bits per heavy atom. The molecule has 1 unspecified atom stereocenters. The maximum absolute atomic E-state index is 12.8. The Morgan fingerprint density at radius 2 is 1.74 bits per heavy atom. The molecule has 0 heterocycles. The number of carbonyl (C=O) groups excluding carboxylic acids is 1. The molecular formula is C19H27NO2Si. The van der Waals surface area contributed by atoms with Gasteiger partial charge in [-0.2, -0.15) is 0 Å². The van der Waals surface area contributed by atoms with Gasteiger partial charge in [0, 0.05) is 0 Å². The first-order valence-electron chi connectivity index (χ1n) is 8.05. The Morgan fingerprint density at radius 3 is 2.26 bits per heavy atom. The average Bonchev–Trinajstić information content (AvgIpc) is 2.70. The Hall–Kier alpha value is -1.81. The Kier molecular flexibility index (Phi) is 4.85. The summed E-state index contributed by atoms with van der Waals surface area (Å²) < 4.78 is 5.32. The van der Waals surface area contributed by atoms with E-state index in [9.17, 15) is 4.79 Å². The van der Waals surface area contributed by atoms with Crippen LogP contribution in [0.3, 0.4) is 0 Å². The summed E-state index contributed by atoms with van der Waals surface area (Å²) in [5, 5.41) is 1.43. The van der Waals surface area contributed by atoms with E-state index in [4.69, 9.17) is 4.74 Å². The molecule has 0 bridgehead atoms. The smallest absolute Gasteiger partial charge is 0.247 e. The van der Waals surface area contributed by atoms with E-state index < -0.39 is 8.24 Å². The van der Waals surface area contributed by atoms with Crippen molar-refractivity contribution in [2.75, 3.05) is 7.11 Å². The molecule has 3 nitrogen and oxygen atoms in total. The molecule has 1 aliphatic carbocycles. The highest BCUT2D eigenvalue weighted by atomic mass is 28.3. The number of ether oxygens (including phenoxy) is 1. The Balaban J connectivity index is 2.31. The lowest BCUT2D eigenvalue weighted by Crippen LogP contribution is -2.51. The third-order valence-electron chi connectivity index (χ3n) is 5.09. The fourth-order valence-electron chi connectivity index (χ4n) is 3.62. The van der Waals surface area contributed by atoms with Gasteiger partial charge in [-0.25, -0.2) is 0 Å². The SMILES string of the molecule is COc1ccccc1C(=O)N[Si](C)(C)C1=C(C)C(C)=C(C)C1C. The van der Waals surface area contributed by atoms with E-state index in [0.29, 0.717) is 17.2 Å². The lowest BCUT2D eigenvalue weighted by atomic mass is 10.1. The molecule has 1 atom stereocenters. The number of amides is 1. The minimum atomic E-state index is -2.08. The quantitative estimate of drug-likeness (QED) is 0.828. The third kappa shape index (κ3) is 3.13. The molecule has 0 fully saturated rings. The molecule has 0 aliphatic heterocycles. The van der Waals surface area contributed by atoms with Gasteiger partial charge in [0.05, 0.1) is 12.7 Å². The van der Waals surface area contributed by atoms with Gasteiger partial charge in [-0.15, -0.1) is 0 Å². The number of hydrogen-bond acceptors (Lipinski definition) is 2. The molecule has 23 heavy (non-hydrogen) atoms. The fraction of sp³-hybridized carbons (Fsp3) is 0.421. The molecule has 1 aromatic carbocycles. The van der Waals surface area contributed by atoms with E-state index in [1.54, 1.807) is 7.11 Å². The predicted molar refractivity (Wildman–Crippen MR) is 98.2 cm³/mol. The van der Waals surface area contributed by atoms with Crippen molar-refractivity contribution >= 4 is 14.1 Å². The van der Waals surface area contributed by atoms with Gasteiger partial charge >= 0.3 is 0 Å². The predicted octanol–water partition coefficient (Wildman–Crippen LogP) is 4.47. The van der Waals surface area contributed by atoms with Crippen molar-refractivity contribution in [2.24, 2.45) is 5.92 Å². The van der Waals surface area contributed by atoms with Crippen LogP contribution in [-0.4, -0.2) is 21.3 Å². The van der Waals surface area contributed by atoms with Crippen molar-refractivity contribution in [1.82, 2.24) is 4.98 Å². The summed E-state index contributed by atoms with van der Waals surface area (Å²) in [6.07, 6.45) is 0. The van der Waals surface area contributed by atoms with Crippen LogP contribution >= 0.6 is 0 Å². The molecule has 0 spiro atoms. The van der Waals surface area contributed by atoms with Crippen LogP contribution in [0, 0.1) is 5.92 Å². The summed E-state index contributed by atoms with van der Waals surface area (Å²) in [7, 11) is -0.484. The molecule has 1 aliphatic rings. The van der Waals surface area contributed by atoms with Gasteiger partial charge in [-0.3, -0.25) is 4.79 Å². The zero-order chi connectivity index (χ0) is 17.4. The molecule has 1 amide bonds. The van der Waals surface area contributed by atoms with Gasteiger partial charge < -0.3 is 9.72 Å². The van der Waals surface area contributed by atoms with E-state index in [1.807, 2.05) is 24.3 Å². The molecule has 0 saturated heterocycles. The molecule has 0 saturated carbocycles. The molecule has 2 rings (SSSR count). The lowest BCUT2D eigenvalue weighted by Gasteiger charge is -2.30. The van der Waals surface area contributed by atoms with Gasteiger partial charge in [0.25, 0.3) is 0 Å². The Labute approximate surface area is 140 Å². The largest absolute Gasteiger partial charge is 0.496 e. The fourth-order valence-corrected chi connectivity index (χ4v) is 6.89. The van der Waals surface area contributed by atoms with Crippen LogP contribution in [0.25, 0.3) is 0 Å². The maximum atomic E-state index is 12.8. The number of allylic oxidation sites excluding steroid dienone is 4. The highest BCUT2D eigenvalue weighted by molar-refractivity contribution is 6.84. The van der Waals surface area contributed by atoms with Gasteiger partial charge in [0.15, 0.2) is 8.24 Å². The van der Waals surface area contributed by atoms with Crippen LogP contribution in [0.5, 0.6) is 5.75 Å². The van der Waals surface area contributed by atoms with Crippen molar-refractivity contribution in [2.45, 2.75) is 40.8 Å². The first-order chi connectivity index (χ1) is 10.7. The van der Waals surface area contributed by atoms with Crippen molar-refractivity contribution in [3.05, 3.63) is 51.7 Å². The molecule has 4 heteroatoms. The zero-order valence-electron chi connectivity index (χ0n) is 15.2. The second-order valence-corrected chi connectivity index (χ2v) is 10.9. The number of hydrogen-bond donors (Lipinski definition) is 1. The first-order valence-corrected chi connectivity index (χ1v) is 11.0. The number of nitrogens with one attached hydrogen (secondary N) is 1. The number of benzene rings is 1. The number of methoxy groups -OCH3 is 1. The standard InChI is InChI=1S/C19H27NO2Si/c1-12-13(2)15(4)18(14(12)3)23(6,7)20-19(21)16-10-8-9-11-17(16)22-5/h8-11,14H,1-7H3,(H,20,21). The minimum Gasteiger partial charge on any atom is -0.496 e. The van der Waals surface area contributed by atoms with Crippen LogP contribution < -0.4 is 9.72 Å². The summed E-state index contributed by atoms with van der Waals surface area (Å²) >= 11 is 0. The van der Waals surface area contributed by atoms with Crippen molar-refractivity contribution in [3.8, 4) is 5.75 Å². The highest BCUT2D eigenvalue weighted by Gasteiger charge is 2.38. The average molecular weight is 330 g/mol. The Bertz CT molecular complexity index is 701.